The summed E-state index contributed by atoms with van der Waals surface area (Å²) in [6.07, 6.45) is 4.03. The molecule has 0 radical (unpaired) electrons. The number of aromatic nitrogens is 2. The van der Waals surface area contributed by atoms with Crippen molar-refractivity contribution in [3.63, 3.8) is 0 Å². The maximum absolute atomic E-state index is 4.54. The number of imidazole rings is 1. The Labute approximate surface area is 126 Å². The van der Waals surface area contributed by atoms with Crippen LogP contribution in [-0.2, 0) is 12.8 Å². The highest BCUT2D eigenvalue weighted by atomic mass is 14.9. The van der Waals surface area contributed by atoms with Crippen LogP contribution in [0.3, 0.4) is 0 Å². The van der Waals surface area contributed by atoms with Gasteiger partial charge in [0.15, 0.2) is 0 Å². The summed E-state index contributed by atoms with van der Waals surface area (Å²) in [5, 5.41) is 2.56. The van der Waals surface area contributed by atoms with E-state index in [-0.39, 0.29) is 0 Å². The van der Waals surface area contributed by atoms with Crippen molar-refractivity contribution in [2.75, 3.05) is 0 Å². The Morgan fingerprint density at radius 2 is 2.00 bits per heavy atom. The maximum atomic E-state index is 4.54. The van der Waals surface area contributed by atoms with Gasteiger partial charge < -0.3 is 4.98 Å². The van der Waals surface area contributed by atoms with Crippen LogP contribution >= 0.6 is 0 Å². The molecule has 21 heavy (non-hydrogen) atoms. The number of nitrogens with zero attached hydrogens (tertiary/aromatic N) is 1. The first-order valence-electron chi connectivity index (χ1n) is 7.73. The Morgan fingerprint density at radius 1 is 1.14 bits per heavy atom. The zero-order chi connectivity index (χ0) is 14.8. The standard InChI is InChI=1S/C19H22N2/c1-4-16-12-20-19(21-16)17-7-5-6-15-9-8-14(10-13(2)3)11-18(15)17/h5-9,11-13H,4,10H2,1-3H3,(H,20,21). The maximum Gasteiger partial charge on any atom is 0.138 e. The Bertz CT molecular complexity index is 753. The second kappa shape index (κ2) is 5.72. The average molecular weight is 278 g/mol. The van der Waals surface area contributed by atoms with E-state index in [1.807, 2.05) is 6.20 Å². The van der Waals surface area contributed by atoms with Crippen LogP contribution < -0.4 is 0 Å². The number of hydrogen-bond acceptors (Lipinski definition) is 1. The molecule has 0 fully saturated rings. The number of rotatable bonds is 4. The lowest BCUT2D eigenvalue weighted by Gasteiger charge is -2.09. The first kappa shape index (κ1) is 13.9. The number of H-pyrrole nitrogens is 1. The Balaban J connectivity index is 2.12. The van der Waals surface area contributed by atoms with Crippen LogP contribution in [0.4, 0.5) is 0 Å². The van der Waals surface area contributed by atoms with Gasteiger partial charge in [0.05, 0.1) is 0 Å². The molecule has 0 aliphatic heterocycles. The minimum absolute atomic E-state index is 0.671. The number of nitrogens with one attached hydrogen (secondary N) is 1. The molecular formula is C19H22N2. The second-order valence-corrected chi connectivity index (χ2v) is 6.07. The molecule has 0 atom stereocenters. The SMILES string of the molecule is CCc1cnc(-c2cccc3ccc(CC(C)C)cc23)[nH]1. The van der Waals surface area contributed by atoms with Crippen LogP contribution in [0.25, 0.3) is 22.2 Å². The highest BCUT2D eigenvalue weighted by molar-refractivity contribution is 5.95. The average Bonchev–Trinajstić information content (AvgIpc) is 2.94. The zero-order valence-electron chi connectivity index (χ0n) is 13.0. The van der Waals surface area contributed by atoms with E-state index in [1.165, 1.54) is 27.6 Å². The van der Waals surface area contributed by atoms with Crippen LogP contribution in [-0.4, -0.2) is 9.97 Å². The molecule has 2 heteroatoms. The van der Waals surface area contributed by atoms with E-state index < -0.39 is 0 Å². The van der Waals surface area contributed by atoms with Crippen LogP contribution in [0.1, 0.15) is 32.0 Å². The molecule has 108 valence electrons. The first-order valence-corrected chi connectivity index (χ1v) is 7.73. The van der Waals surface area contributed by atoms with E-state index in [2.05, 4.69) is 67.1 Å². The summed E-state index contributed by atoms with van der Waals surface area (Å²) in [4.78, 5) is 7.96. The second-order valence-electron chi connectivity index (χ2n) is 6.07. The molecule has 0 saturated carbocycles. The van der Waals surface area contributed by atoms with E-state index in [4.69, 9.17) is 0 Å². The third kappa shape index (κ3) is 2.85. The Morgan fingerprint density at radius 3 is 2.71 bits per heavy atom. The topological polar surface area (TPSA) is 28.7 Å². The zero-order valence-corrected chi connectivity index (χ0v) is 13.0. The van der Waals surface area contributed by atoms with Crippen molar-refractivity contribution in [1.29, 1.82) is 0 Å². The van der Waals surface area contributed by atoms with Gasteiger partial charge in [0, 0.05) is 17.5 Å². The summed E-state index contributed by atoms with van der Waals surface area (Å²) in [6.45, 7) is 6.66. The van der Waals surface area contributed by atoms with Crippen molar-refractivity contribution in [3.8, 4) is 11.4 Å². The summed E-state index contributed by atoms with van der Waals surface area (Å²) < 4.78 is 0. The van der Waals surface area contributed by atoms with Crippen molar-refractivity contribution < 1.29 is 0 Å². The third-order valence-electron chi connectivity index (χ3n) is 3.85. The number of aromatic amines is 1. The fourth-order valence-corrected chi connectivity index (χ4v) is 2.80. The lowest BCUT2D eigenvalue weighted by Crippen LogP contribution is -1.94. The number of aryl methyl sites for hydroxylation is 1. The van der Waals surface area contributed by atoms with Gasteiger partial charge in [-0.3, -0.25) is 0 Å². The van der Waals surface area contributed by atoms with Gasteiger partial charge in [0.25, 0.3) is 0 Å². The van der Waals surface area contributed by atoms with Crippen molar-refractivity contribution >= 4 is 10.8 Å². The van der Waals surface area contributed by atoms with Gasteiger partial charge in [-0.15, -0.1) is 0 Å². The van der Waals surface area contributed by atoms with E-state index in [0.29, 0.717) is 5.92 Å². The lowest BCUT2D eigenvalue weighted by atomic mass is 9.97. The summed E-state index contributed by atoms with van der Waals surface area (Å²) in [6, 6.07) is 13.2. The molecular weight excluding hydrogens is 256 g/mol. The van der Waals surface area contributed by atoms with Gasteiger partial charge in [-0.2, -0.15) is 0 Å². The monoisotopic (exact) mass is 278 g/mol. The van der Waals surface area contributed by atoms with Crippen LogP contribution in [0.5, 0.6) is 0 Å². The smallest absolute Gasteiger partial charge is 0.138 e. The fourth-order valence-electron chi connectivity index (χ4n) is 2.80. The Hall–Kier alpha value is -2.09. The Kier molecular flexibility index (Phi) is 3.78. The minimum Gasteiger partial charge on any atom is -0.342 e. The van der Waals surface area contributed by atoms with Gasteiger partial charge in [0.2, 0.25) is 0 Å². The van der Waals surface area contributed by atoms with E-state index in [0.717, 1.165) is 18.7 Å². The van der Waals surface area contributed by atoms with Crippen molar-refractivity contribution in [3.05, 3.63) is 53.9 Å². The van der Waals surface area contributed by atoms with Gasteiger partial charge in [-0.05, 0) is 35.1 Å². The highest BCUT2D eigenvalue weighted by Gasteiger charge is 2.08. The number of hydrogen-bond donors (Lipinski definition) is 1. The quantitative estimate of drug-likeness (QED) is 0.715. The summed E-state index contributed by atoms with van der Waals surface area (Å²) in [5.74, 6) is 1.64. The van der Waals surface area contributed by atoms with E-state index in [9.17, 15) is 0 Å². The van der Waals surface area contributed by atoms with Crippen LogP contribution in [0.2, 0.25) is 0 Å². The molecule has 1 N–H and O–H groups in total. The summed E-state index contributed by atoms with van der Waals surface area (Å²) in [5.41, 5.74) is 3.77. The molecule has 0 unspecified atom stereocenters. The van der Waals surface area contributed by atoms with Crippen LogP contribution in [0, 0.1) is 5.92 Å². The van der Waals surface area contributed by atoms with Crippen molar-refractivity contribution in [1.82, 2.24) is 9.97 Å². The fraction of sp³-hybridized carbons (Fsp3) is 0.316. The molecule has 0 saturated heterocycles. The van der Waals surface area contributed by atoms with Gasteiger partial charge in [0.1, 0.15) is 5.82 Å². The number of benzene rings is 2. The first-order chi connectivity index (χ1) is 10.2. The van der Waals surface area contributed by atoms with Gasteiger partial charge in [-0.1, -0.05) is 57.2 Å². The lowest BCUT2D eigenvalue weighted by molar-refractivity contribution is 0.648. The molecule has 3 rings (SSSR count). The summed E-state index contributed by atoms with van der Waals surface area (Å²) >= 11 is 0. The molecule has 0 spiro atoms. The largest absolute Gasteiger partial charge is 0.342 e. The highest BCUT2D eigenvalue weighted by Crippen LogP contribution is 2.28. The van der Waals surface area contributed by atoms with E-state index >= 15 is 0 Å². The van der Waals surface area contributed by atoms with Gasteiger partial charge >= 0.3 is 0 Å². The molecule has 0 aliphatic carbocycles. The predicted molar refractivity (Wildman–Crippen MR) is 89.4 cm³/mol. The molecule has 0 aliphatic rings. The molecule has 2 nitrogen and oxygen atoms in total. The molecule has 1 aromatic heterocycles. The predicted octanol–water partition coefficient (Wildman–Crippen LogP) is 4.99. The molecule has 2 aromatic carbocycles. The third-order valence-corrected chi connectivity index (χ3v) is 3.85. The normalized spacial score (nSPS) is 11.4. The number of fused-ring (bicyclic) bond motifs is 1. The van der Waals surface area contributed by atoms with Crippen LogP contribution in [0.15, 0.2) is 42.6 Å². The van der Waals surface area contributed by atoms with Crippen molar-refractivity contribution in [2.24, 2.45) is 5.92 Å². The molecule has 0 amide bonds. The van der Waals surface area contributed by atoms with Crippen molar-refractivity contribution in [2.45, 2.75) is 33.6 Å². The molecule has 3 aromatic rings. The molecule has 0 bridgehead atoms. The van der Waals surface area contributed by atoms with Gasteiger partial charge in [-0.25, -0.2) is 4.98 Å². The van der Waals surface area contributed by atoms with E-state index in [1.54, 1.807) is 0 Å². The summed E-state index contributed by atoms with van der Waals surface area (Å²) in [7, 11) is 0. The molecule has 1 heterocycles. The minimum atomic E-state index is 0.671.